The fourth-order valence-corrected chi connectivity index (χ4v) is 3.26. The lowest BCUT2D eigenvalue weighted by atomic mass is 10.1. The van der Waals surface area contributed by atoms with Crippen LogP contribution in [0.25, 0.3) is 10.8 Å². The highest BCUT2D eigenvalue weighted by atomic mass is 16.2. The van der Waals surface area contributed by atoms with Crippen LogP contribution in [-0.4, -0.2) is 49.1 Å². The number of nitrogens with zero attached hydrogens (tertiary/aromatic N) is 2. The Hall–Kier alpha value is -2.07. The normalized spacial score (nSPS) is 17.9. The summed E-state index contributed by atoms with van der Waals surface area (Å²) in [5.41, 5.74) is 0.891. The number of rotatable bonds is 4. The molecule has 0 aromatic heterocycles. The van der Waals surface area contributed by atoms with Crippen molar-refractivity contribution in [3.05, 3.63) is 42.5 Å². The summed E-state index contributed by atoms with van der Waals surface area (Å²) in [5, 5.41) is 5.32. The first kappa shape index (κ1) is 15.8. The number of amides is 2. The molecule has 1 aliphatic rings. The van der Waals surface area contributed by atoms with E-state index in [9.17, 15) is 4.79 Å². The third-order valence-electron chi connectivity index (χ3n) is 4.71. The second-order valence-electron chi connectivity index (χ2n) is 6.41. The van der Waals surface area contributed by atoms with Crippen molar-refractivity contribution in [2.24, 2.45) is 5.92 Å². The van der Waals surface area contributed by atoms with E-state index in [1.807, 2.05) is 35.2 Å². The Kier molecular flexibility index (Phi) is 4.82. The molecule has 2 amide bonds. The van der Waals surface area contributed by atoms with Gasteiger partial charge < -0.3 is 15.1 Å². The van der Waals surface area contributed by atoms with Crippen molar-refractivity contribution < 1.29 is 4.79 Å². The number of hydrogen-bond donors (Lipinski definition) is 1. The molecule has 1 fully saturated rings. The topological polar surface area (TPSA) is 35.6 Å². The highest BCUT2D eigenvalue weighted by Crippen LogP contribution is 2.24. The molecule has 2 aromatic carbocycles. The molecule has 3 rings (SSSR count). The minimum atomic E-state index is 0.0167. The summed E-state index contributed by atoms with van der Waals surface area (Å²) < 4.78 is 0. The van der Waals surface area contributed by atoms with Gasteiger partial charge in [-0.1, -0.05) is 43.3 Å². The summed E-state index contributed by atoms with van der Waals surface area (Å²) in [6, 6.07) is 14.2. The molecule has 1 heterocycles. The number of fused-ring (bicyclic) bond motifs is 1. The second kappa shape index (κ2) is 7.01. The Morgan fingerprint density at radius 1 is 1.26 bits per heavy atom. The first-order valence-electron chi connectivity index (χ1n) is 8.39. The minimum Gasteiger partial charge on any atom is -0.324 e. The van der Waals surface area contributed by atoms with E-state index >= 15 is 0 Å². The first-order chi connectivity index (χ1) is 11.2. The van der Waals surface area contributed by atoms with Crippen LogP contribution in [0.1, 0.15) is 13.3 Å². The van der Waals surface area contributed by atoms with Crippen molar-refractivity contribution in [1.82, 2.24) is 9.80 Å². The fourth-order valence-electron chi connectivity index (χ4n) is 3.26. The van der Waals surface area contributed by atoms with Crippen molar-refractivity contribution in [2.75, 3.05) is 38.5 Å². The van der Waals surface area contributed by atoms with Crippen LogP contribution in [0, 0.1) is 5.92 Å². The van der Waals surface area contributed by atoms with Crippen LogP contribution in [0.15, 0.2) is 42.5 Å². The summed E-state index contributed by atoms with van der Waals surface area (Å²) in [5.74, 6) is 0.582. The largest absolute Gasteiger partial charge is 0.324 e. The van der Waals surface area contributed by atoms with E-state index in [1.54, 1.807) is 0 Å². The number of carbonyl (C=O) groups is 1. The first-order valence-corrected chi connectivity index (χ1v) is 8.39. The number of hydrogen-bond acceptors (Lipinski definition) is 2. The maximum atomic E-state index is 12.6. The predicted molar refractivity (Wildman–Crippen MR) is 95.8 cm³/mol. The Morgan fingerprint density at radius 3 is 2.87 bits per heavy atom. The van der Waals surface area contributed by atoms with Gasteiger partial charge in [0, 0.05) is 25.0 Å². The van der Waals surface area contributed by atoms with E-state index in [0.29, 0.717) is 5.92 Å². The molecule has 1 atom stereocenters. The van der Waals surface area contributed by atoms with E-state index in [4.69, 9.17) is 0 Å². The van der Waals surface area contributed by atoms with Crippen LogP contribution >= 0.6 is 0 Å². The van der Waals surface area contributed by atoms with Crippen LogP contribution in [0.5, 0.6) is 0 Å². The Labute approximate surface area is 138 Å². The molecule has 0 saturated carbocycles. The van der Waals surface area contributed by atoms with Gasteiger partial charge in [0.05, 0.1) is 5.69 Å². The van der Waals surface area contributed by atoms with Gasteiger partial charge in [-0.2, -0.15) is 0 Å². The summed E-state index contributed by atoms with van der Waals surface area (Å²) in [6.45, 7) is 5.98. The van der Waals surface area contributed by atoms with Crippen LogP contribution in [0.4, 0.5) is 10.5 Å². The third kappa shape index (κ3) is 3.64. The Bertz CT molecular complexity index is 680. The Balaban J connectivity index is 1.65. The molecule has 0 unspecified atom stereocenters. The molecule has 2 aromatic rings. The summed E-state index contributed by atoms with van der Waals surface area (Å²) in [7, 11) is 2.14. The molecule has 4 nitrogen and oxygen atoms in total. The monoisotopic (exact) mass is 311 g/mol. The van der Waals surface area contributed by atoms with Gasteiger partial charge in [0.2, 0.25) is 0 Å². The lowest BCUT2D eigenvalue weighted by Gasteiger charge is -2.21. The minimum absolute atomic E-state index is 0.0167. The van der Waals surface area contributed by atoms with Gasteiger partial charge >= 0.3 is 6.03 Å². The number of likely N-dealkylation sites (tertiary alicyclic amines) is 1. The fraction of sp³-hybridized carbons (Fsp3) is 0.421. The number of benzene rings is 2. The van der Waals surface area contributed by atoms with Crippen LogP contribution in [0.3, 0.4) is 0 Å². The van der Waals surface area contributed by atoms with E-state index < -0.39 is 0 Å². The van der Waals surface area contributed by atoms with E-state index in [1.165, 1.54) is 0 Å². The van der Waals surface area contributed by atoms with Crippen LogP contribution in [0.2, 0.25) is 0 Å². The standard InChI is InChI=1S/C19H25N3O/c1-3-21(2)13-15-11-12-22(14-15)19(23)20-18-10-6-8-16-7-4-5-9-17(16)18/h4-10,15H,3,11-14H2,1-2H3,(H,20,23)/t15-/m0/s1. The van der Waals surface area contributed by atoms with Gasteiger partial charge in [0.1, 0.15) is 0 Å². The average molecular weight is 311 g/mol. The van der Waals surface area contributed by atoms with Gasteiger partial charge in [-0.3, -0.25) is 0 Å². The summed E-state index contributed by atoms with van der Waals surface area (Å²) in [6.07, 6.45) is 1.09. The summed E-state index contributed by atoms with van der Waals surface area (Å²) in [4.78, 5) is 16.8. The molecular formula is C19H25N3O. The predicted octanol–water partition coefficient (Wildman–Crippen LogP) is 3.65. The smallest absolute Gasteiger partial charge is 0.321 e. The van der Waals surface area contributed by atoms with Crippen molar-refractivity contribution in [3.8, 4) is 0 Å². The zero-order chi connectivity index (χ0) is 16.2. The van der Waals surface area contributed by atoms with Crippen molar-refractivity contribution in [3.63, 3.8) is 0 Å². The number of urea groups is 1. The number of anilines is 1. The van der Waals surface area contributed by atoms with Crippen molar-refractivity contribution in [2.45, 2.75) is 13.3 Å². The zero-order valence-corrected chi connectivity index (χ0v) is 14.0. The Morgan fingerprint density at radius 2 is 2.04 bits per heavy atom. The van der Waals surface area contributed by atoms with Gasteiger partial charge in [-0.05, 0) is 37.4 Å². The lowest BCUT2D eigenvalue weighted by Crippen LogP contribution is -2.34. The average Bonchev–Trinajstić information content (AvgIpc) is 3.03. The molecule has 1 saturated heterocycles. The molecule has 122 valence electrons. The molecule has 0 radical (unpaired) electrons. The van der Waals surface area contributed by atoms with Gasteiger partial charge in [-0.25, -0.2) is 4.79 Å². The molecular weight excluding hydrogens is 286 g/mol. The maximum Gasteiger partial charge on any atom is 0.321 e. The van der Waals surface area contributed by atoms with Crippen LogP contribution < -0.4 is 5.32 Å². The second-order valence-corrected chi connectivity index (χ2v) is 6.41. The summed E-state index contributed by atoms with van der Waals surface area (Å²) >= 11 is 0. The molecule has 1 N–H and O–H groups in total. The van der Waals surface area contributed by atoms with Gasteiger partial charge in [0.25, 0.3) is 0 Å². The highest BCUT2D eigenvalue weighted by Gasteiger charge is 2.26. The van der Waals surface area contributed by atoms with Gasteiger partial charge in [-0.15, -0.1) is 0 Å². The number of nitrogens with one attached hydrogen (secondary N) is 1. The molecule has 4 heteroatoms. The molecule has 0 bridgehead atoms. The maximum absolute atomic E-state index is 12.6. The molecule has 0 aliphatic carbocycles. The highest BCUT2D eigenvalue weighted by molar-refractivity contribution is 6.01. The van der Waals surface area contributed by atoms with Crippen LogP contribution in [-0.2, 0) is 0 Å². The zero-order valence-electron chi connectivity index (χ0n) is 14.0. The molecule has 1 aliphatic heterocycles. The van der Waals surface area contributed by atoms with E-state index in [-0.39, 0.29) is 6.03 Å². The van der Waals surface area contributed by atoms with E-state index in [2.05, 4.69) is 36.3 Å². The van der Waals surface area contributed by atoms with Gasteiger partial charge in [0.15, 0.2) is 0 Å². The quantitative estimate of drug-likeness (QED) is 0.935. The molecule has 23 heavy (non-hydrogen) atoms. The lowest BCUT2D eigenvalue weighted by molar-refractivity contribution is 0.218. The van der Waals surface area contributed by atoms with Crippen molar-refractivity contribution in [1.29, 1.82) is 0 Å². The van der Waals surface area contributed by atoms with E-state index in [0.717, 1.165) is 49.1 Å². The third-order valence-corrected chi connectivity index (χ3v) is 4.71. The number of carbonyl (C=O) groups excluding carboxylic acids is 1. The molecule has 0 spiro atoms. The SMILES string of the molecule is CCN(C)C[C@@H]1CCN(C(=O)Nc2cccc3ccccc23)C1. The van der Waals surface area contributed by atoms with Crippen molar-refractivity contribution >= 4 is 22.5 Å².